The minimum atomic E-state index is 0.184. The molecular formula is C19H39N5O. The van der Waals surface area contributed by atoms with Gasteiger partial charge in [-0.15, -0.1) is 0 Å². The first-order valence-corrected chi connectivity index (χ1v) is 9.80. The predicted octanol–water partition coefficient (Wildman–Crippen LogP) is 1.92. The van der Waals surface area contributed by atoms with Crippen LogP contribution >= 0.6 is 0 Å². The molecule has 6 heteroatoms. The summed E-state index contributed by atoms with van der Waals surface area (Å²) in [6, 6.07) is 0. The molecule has 25 heavy (non-hydrogen) atoms. The first-order valence-electron chi connectivity index (χ1n) is 9.80. The van der Waals surface area contributed by atoms with Crippen molar-refractivity contribution in [2.24, 2.45) is 10.4 Å². The van der Waals surface area contributed by atoms with E-state index in [-0.39, 0.29) is 11.3 Å². The number of aliphatic imine (C=N–C) groups is 1. The fourth-order valence-corrected chi connectivity index (χ4v) is 3.10. The molecule has 1 aliphatic rings. The van der Waals surface area contributed by atoms with Crippen molar-refractivity contribution < 1.29 is 4.79 Å². The Hall–Kier alpha value is -1.30. The molecule has 0 aromatic heterocycles. The third-order valence-electron chi connectivity index (χ3n) is 4.95. The van der Waals surface area contributed by atoms with Crippen LogP contribution in [-0.2, 0) is 4.79 Å². The highest BCUT2D eigenvalue weighted by atomic mass is 16.2. The van der Waals surface area contributed by atoms with Crippen molar-refractivity contribution in [2.45, 2.75) is 53.4 Å². The second-order valence-corrected chi connectivity index (χ2v) is 7.82. The number of nitrogens with one attached hydrogen (secondary N) is 2. The minimum absolute atomic E-state index is 0.184. The van der Waals surface area contributed by atoms with Gasteiger partial charge in [0.05, 0.1) is 0 Å². The molecule has 1 aliphatic heterocycles. The number of nitrogens with zero attached hydrogens (tertiary/aromatic N) is 3. The van der Waals surface area contributed by atoms with Crippen molar-refractivity contribution in [3.05, 3.63) is 0 Å². The maximum atomic E-state index is 11.4. The standard InChI is InChI=1S/C19H39N5O/c1-6-7-8-9-19(3,4)16-22-18(20-5)21-10-11-23-12-14-24(15-13-23)17(2)25/h6-16H2,1-5H3,(H2,20,21,22). The van der Waals surface area contributed by atoms with Gasteiger partial charge < -0.3 is 15.5 Å². The fraction of sp³-hybridized carbons (Fsp3) is 0.895. The van der Waals surface area contributed by atoms with Crippen LogP contribution < -0.4 is 10.6 Å². The molecule has 1 fully saturated rings. The molecule has 1 amide bonds. The molecule has 0 radical (unpaired) electrons. The summed E-state index contributed by atoms with van der Waals surface area (Å²) in [6.45, 7) is 14.9. The molecular weight excluding hydrogens is 314 g/mol. The molecule has 0 unspecified atom stereocenters. The van der Waals surface area contributed by atoms with Crippen LogP contribution in [0.25, 0.3) is 0 Å². The van der Waals surface area contributed by atoms with Crippen molar-refractivity contribution >= 4 is 11.9 Å². The number of piperazine rings is 1. The largest absolute Gasteiger partial charge is 0.356 e. The lowest BCUT2D eigenvalue weighted by molar-refractivity contribution is -0.130. The van der Waals surface area contributed by atoms with E-state index >= 15 is 0 Å². The topological polar surface area (TPSA) is 60.0 Å². The first-order chi connectivity index (χ1) is 11.9. The van der Waals surface area contributed by atoms with E-state index in [0.717, 1.165) is 51.8 Å². The van der Waals surface area contributed by atoms with Crippen molar-refractivity contribution in [2.75, 3.05) is 52.9 Å². The number of amides is 1. The van der Waals surface area contributed by atoms with Gasteiger partial charge >= 0.3 is 0 Å². The summed E-state index contributed by atoms with van der Waals surface area (Å²) < 4.78 is 0. The van der Waals surface area contributed by atoms with Crippen LogP contribution in [-0.4, -0.2) is 74.5 Å². The van der Waals surface area contributed by atoms with E-state index in [4.69, 9.17) is 0 Å². The molecule has 0 bridgehead atoms. The molecule has 0 saturated carbocycles. The van der Waals surface area contributed by atoms with Gasteiger partial charge in [0.2, 0.25) is 5.91 Å². The summed E-state index contributed by atoms with van der Waals surface area (Å²) in [6.07, 6.45) is 5.12. The van der Waals surface area contributed by atoms with Crippen molar-refractivity contribution in [1.82, 2.24) is 20.4 Å². The van der Waals surface area contributed by atoms with Gasteiger partial charge in [-0.05, 0) is 11.8 Å². The number of guanidine groups is 1. The van der Waals surface area contributed by atoms with Crippen LogP contribution in [0, 0.1) is 5.41 Å². The van der Waals surface area contributed by atoms with Crippen LogP contribution in [0.4, 0.5) is 0 Å². The zero-order valence-corrected chi connectivity index (χ0v) is 17.0. The Morgan fingerprint density at radius 2 is 1.80 bits per heavy atom. The zero-order valence-electron chi connectivity index (χ0n) is 17.0. The number of rotatable bonds is 9. The zero-order chi connectivity index (χ0) is 18.7. The van der Waals surface area contributed by atoms with E-state index in [0.29, 0.717) is 0 Å². The Morgan fingerprint density at radius 3 is 2.36 bits per heavy atom. The fourth-order valence-electron chi connectivity index (χ4n) is 3.10. The number of hydrogen-bond donors (Lipinski definition) is 2. The molecule has 2 N–H and O–H groups in total. The molecule has 0 aromatic rings. The highest BCUT2D eigenvalue weighted by Crippen LogP contribution is 2.22. The van der Waals surface area contributed by atoms with Gasteiger partial charge in [0.25, 0.3) is 0 Å². The molecule has 146 valence electrons. The molecule has 6 nitrogen and oxygen atoms in total. The van der Waals surface area contributed by atoms with Crippen LogP contribution in [0.5, 0.6) is 0 Å². The summed E-state index contributed by atoms with van der Waals surface area (Å²) in [4.78, 5) is 20.0. The second-order valence-electron chi connectivity index (χ2n) is 7.82. The third-order valence-corrected chi connectivity index (χ3v) is 4.95. The van der Waals surface area contributed by atoms with Crippen molar-refractivity contribution in [3.63, 3.8) is 0 Å². The van der Waals surface area contributed by atoms with E-state index in [2.05, 4.69) is 41.3 Å². The van der Waals surface area contributed by atoms with E-state index < -0.39 is 0 Å². The highest BCUT2D eigenvalue weighted by Gasteiger charge is 2.19. The van der Waals surface area contributed by atoms with E-state index in [1.807, 2.05) is 11.9 Å². The monoisotopic (exact) mass is 353 g/mol. The quantitative estimate of drug-likeness (QED) is 0.378. The highest BCUT2D eigenvalue weighted by molar-refractivity contribution is 5.79. The van der Waals surface area contributed by atoms with Crippen LogP contribution in [0.2, 0.25) is 0 Å². The average Bonchev–Trinajstić information content (AvgIpc) is 2.58. The smallest absolute Gasteiger partial charge is 0.219 e. The predicted molar refractivity (Wildman–Crippen MR) is 106 cm³/mol. The van der Waals surface area contributed by atoms with Gasteiger partial charge in [-0.1, -0.05) is 40.0 Å². The van der Waals surface area contributed by atoms with Crippen LogP contribution in [0.15, 0.2) is 4.99 Å². The molecule has 0 aliphatic carbocycles. The lowest BCUT2D eigenvalue weighted by Gasteiger charge is -2.34. The summed E-state index contributed by atoms with van der Waals surface area (Å²) in [7, 11) is 1.82. The SMILES string of the molecule is CCCCCC(C)(C)CNC(=NC)NCCN1CCN(C(C)=O)CC1. The summed E-state index contributed by atoms with van der Waals surface area (Å²) >= 11 is 0. The second kappa shape index (κ2) is 11.3. The Kier molecular flexibility index (Phi) is 9.86. The summed E-state index contributed by atoms with van der Waals surface area (Å²) in [5.41, 5.74) is 0.288. The van der Waals surface area contributed by atoms with Gasteiger partial charge in [0.15, 0.2) is 5.96 Å². The Balaban J connectivity index is 2.21. The Bertz CT molecular complexity index is 414. The summed E-state index contributed by atoms with van der Waals surface area (Å²) in [5, 5.41) is 6.87. The average molecular weight is 354 g/mol. The molecule has 0 aromatic carbocycles. The van der Waals surface area contributed by atoms with Gasteiger partial charge in [-0.2, -0.15) is 0 Å². The van der Waals surface area contributed by atoms with Gasteiger partial charge in [0, 0.05) is 59.8 Å². The van der Waals surface area contributed by atoms with Crippen molar-refractivity contribution in [3.8, 4) is 0 Å². The number of unbranched alkanes of at least 4 members (excludes halogenated alkanes) is 2. The third kappa shape index (κ3) is 9.10. The first kappa shape index (κ1) is 21.7. The Morgan fingerprint density at radius 1 is 1.12 bits per heavy atom. The molecule has 0 spiro atoms. The van der Waals surface area contributed by atoms with Crippen LogP contribution in [0.3, 0.4) is 0 Å². The van der Waals surface area contributed by atoms with E-state index in [9.17, 15) is 4.79 Å². The number of carbonyl (C=O) groups excluding carboxylic acids is 1. The van der Waals surface area contributed by atoms with Crippen LogP contribution in [0.1, 0.15) is 53.4 Å². The van der Waals surface area contributed by atoms with E-state index in [1.54, 1.807) is 6.92 Å². The van der Waals surface area contributed by atoms with Gasteiger partial charge in [-0.3, -0.25) is 14.7 Å². The molecule has 0 atom stereocenters. The maximum Gasteiger partial charge on any atom is 0.219 e. The van der Waals surface area contributed by atoms with Crippen molar-refractivity contribution in [1.29, 1.82) is 0 Å². The number of hydrogen-bond acceptors (Lipinski definition) is 3. The Labute approximate surface area is 154 Å². The number of carbonyl (C=O) groups is 1. The molecule has 1 heterocycles. The lowest BCUT2D eigenvalue weighted by atomic mass is 9.87. The van der Waals surface area contributed by atoms with E-state index in [1.165, 1.54) is 25.7 Å². The molecule has 1 saturated heterocycles. The van der Waals surface area contributed by atoms with Gasteiger partial charge in [0.1, 0.15) is 0 Å². The lowest BCUT2D eigenvalue weighted by Crippen LogP contribution is -2.50. The van der Waals surface area contributed by atoms with Gasteiger partial charge in [-0.25, -0.2) is 0 Å². The minimum Gasteiger partial charge on any atom is -0.356 e. The molecule has 1 rings (SSSR count). The maximum absolute atomic E-state index is 11.4. The summed E-state index contributed by atoms with van der Waals surface area (Å²) in [5.74, 6) is 1.06. The normalized spacial score (nSPS) is 16.8.